The Kier molecular flexibility index (Phi) is 7.96. The standard InChI is InChI=1S/C23H25F3N2O6S/c1-3-33-20-12-15(27-22(30)17-6-4-5-7-18(17)29)10-11-21(20)35(31,32)28-16-9-8-14(2)19(13-16)34-23(24,25)26/h4-5,8-13,17-18,28-29H,3,6-7H2,1-2H3,(H,27,30)/t17?,18-/m1/s1. The lowest BCUT2D eigenvalue weighted by atomic mass is 9.90. The highest BCUT2D eigenvalue weighted by atomic mass is 32.2. The van der Waals surface area contributed by atoms with E-state index in [0.717, 1.165) is 6.07 Å². The van der Waals surface area contributed by atoms with Crippen LogP contribution in [0.4, 0.5) is 24.5 Å². The third-order valence-corrected chi connectivity index (χ3v) is 6.62. The van der Waals surface area contributed by atoms with Gasteiger partial charge in [0.1, 0.15) is 16.4 Å². The van der Waals surface area contributed by atoms with E-state index >= 15 is 0 Å². The monoisotopic (exact) mass is 514 g/mol. The fourth-order valence-electron chi connectivity index (χ4n) is 3.50. The number of alkyl halides is 3. The van der Waals surface area contributed by atoms with Crippen LogP contribution in [0.1, 0.15) is 25.3 Å². The summed E-state index contributed by atoms with van der Waals surface area (Å²) in [5, 5.41) is 12.7. The predicted octanol–water partition coefficient (Wildman–Crippen LogP) is 4.36. The van der Waals surface area contributed by atoms with Crippen molar-refractivity contribution >= 4 is 27.3 Å². The van der Waals surface area contributed by atoms with Crippen LogP contribution in [0.15, 0.2) is 53.4 Å². The van der Waals surface area contributed by atoms with Gasteiger partial charge in [0.25, 0.3) is 10.0 Å². The minimum absolute atomic E-state index is 0.0687. The molecule has 0 aliphatic heterocycles. The smallest absolute Gasteiger partial charge is 0.492 e. The van der Waals surface area contributed by atoms with E-state index in [2.05, 4.69) is 14.8 Å². The Labute approximate surface area is 200 Å². The van der Waals surface area contributed by atoms with Gasteiger partial charge in [-0.2, -0.15) is 0 Å². The van der Waals surface area contributed by atoms with Crippen LogP contribution in [0.25, 0.3) is 0 Å². The fraction of sp³-hybridized carbons (Fsp3) is 0.348. The molecule has 0 aromatic heterocycles. The average molecular weight is 515 g/mol. The number of carbonyl (C=O) groups excluding carboxylic acids is 1. The van der Waals surface area contributed by atoms with E-state index in [1.807, 2.05) is 0 Å². The highest BCUT2D eigenvalue weighted by Crippen LogP contribution is 2.33. The van der Waals surface area contributed by atoms with Gasteiger partial charge in [-0.15, -0.1) is 13.2 Å². The molecule has 12 heteroatoms. The number of allylic oxidation sites excluding steroid dienone is 1. The summed E-state index contributed by atoms with van der Waals surface area (Å²) in [5.41, 5.74) is 0.281. The average Bonchev–Trinajstić information content (AvgIpc) is 2.75. The van der Waals surface area contributed by atoms with Gasteiger partial charge in [-0.1, -0.05) is 18.2 Å². The minimum atomic E-state index is -4.94. The first-order valence-corrected chi connectivity index (χ1v) is 12.2. The maximum absolute atomic E-state index is 13.0. The number of aryl methyl sites for hydroxylation is 1. The highest BCUT2D eigenvalue weighted by Gasteiger charge is 2.32. The van der Waals surface area contributed by atoms with Gasteiger partial charge in [0.2, 0.25) is 5.91 Å². The van der Waals surface area contributed by atoms with Crippen molar-refractivity contribution in [1.29, 1.82) is 0 Å². The van der Waals surface area contributed by atoms with E-state index in [4.69, 9.17) is 4.74 Å². The van der Waals surface area contributed by atoms with Crippen LogP contribution in [0.2, 0.25) is 0 Å². The number of benzene rings is 2. The van der Waals surface area contributed by atoms with Gasteiger partial charge >= 0.3 is 6.36 Å². The second-order valence-electron chi connectivity index (χ2n) is 7.83. The van der Waals surface area contributed by atoms with Gasteiger partial charge in [0, 0.05) is 17.8 Å². The number of nitrogens with one attached hydrogen (secondary N) is 2. The van der Waals surface area contributed by atoms with Crippen molar-refractivity contribution in [3.63, 3.8) is 0 Å². The number of carbonyl (C=O) groups is 1. The number of rotatable bonds is 8. The van der Waals surface area contributed by atoms with Crippen LogP contribution in [0, 0.1) is 12.8 Å². The maximum atomic E-state index is 13.0. The summed E-state index contributed by atoms with van der Waals surface area (Å²) in [6, 6.07) is 7.41. The lowest BCUT2D eigenvalue weighted by Crippen LogP contribution is -2.33. The molecule has 0 fully saturated rings. The largest absolute Gasteiger partial charge is 0.573 e. The van der Waals surface area contributed by atoms with Gasteiger partial charge in [-0.3, -0.25) is 9.52 Å². The van der Waals surface area contributed by atoms with Crippen molar-refractivity contribution in [3.05, 3.63) is 54.1 Å². The molecule has 35 heavy (non-hydrogen) atoms. The van der Waals surface area contributed by atoms with E-state index < -0.39 is 40.1 Å². The molecule has 0 heterocycles. The zero-order chi connectivity index (χ0) is 25.8. The van der Waals surface area contributed by atoms with E-state index in [1.165, 1.54) is 37.3 Å². The summed E-state index contributed by atoms with van der Waals surface area (Å²) in [7, 11) is -4.29. The zero-order valence-electron chi connectivity index (χ0n) is 18.9. The van der Waals surface area contributed by atoms with Crippen LogP contribution in [0.3, 0.4) is 0 Å². The number of aliphatic hydroxyl groups is 1. The topological polar surface area (TPSA) is 114 Å². The summed E-state index contributed by atoms with van der Waals surface area (Å²) >= 11 is 0. The SMILES string of the molecule is CCOc1cc(NC(=O)C2CC=CC[C@H]2O)ccc1S(=O)(=O)Nc1ccc(C)c(OC(F)(F)F)c1. The molecule has 3 rings (SSSR count). The molecule has 3 N–H and O–H groups in total. The van der Waals surface area contributed by atoms with Crippen molar-refractivity contribution in [2.75, 3.05) is 16.6 Å². The third-order valence-electron chi connectivity index (χ3n) is 5.20. The van der Waals surface area contributed by atoms with Gasteiger partial charge in [-0.05, 0) is 50.5 Å². The number of hydrogen-bond donors (Lipinski definition) is 3. The molecule has 0 bridgehead atoms. The van der Waals surface area contributed by atoms with Crippen LogP contribution < -0.4 is 19.5 Å². The van der Waals surface area contributed by atoms with E-state index in [-0.39, 0.29) is 34.2 Å². The first-order chi connectivity index (χ1) is 16.4. The molecular weight excluding hydrogens is 489 g/mol. The summed E-state index contributed by atoms with van der Waals surface area (Å²) in [6.45, 7) is 3.14. The molecule has 190 valence electrons. The molecule has 2 aromatic rings. The van der Waals surface area contributed by atoms with Crippen molar-refractivity contribution in [2.24, 2.45) is 5.92 Å². The lowest BCUT2D eigenvalue weighted by molar-refractivity contribution is -0.274. The van der Waals surface area contributed by atoms with E-state index in [9.17, 15) is 31.5 Å². The third kappa shape index (κ3) is 6.89. The maximum Gasteiger partial charge on any atom is 0.573 e. The first kappa shape index (κ1) is 26.4. The normalized spacial score (nSPS) is 18.1. The number of halogens is 3. The van der Waals surface area contributed by atoms with Crippen molar-refractivity contribution in [2.45, 2.75) is 44.1 Å². The van der Waals surface area contributed by atoms with Gasteiger partial charge in [0.05, 0.1) is 24.3 Å². The molecule has 8 nitrogen and oxygen atoms in total. The summed E-state index contributed by atoms with van der Waals surface area (Å²) in [4.78, 5) is 12.3. The lowest BCUT2D eigenvalue weighted by Gasteiger charge is -2.23. The highest BCUT2D eigenvalue weighted by molar-refractivity contribution is 7.92. The molecule has 1 aliphatic rings. The molecule has 0 saturated carbocycles. The van der Waals surface area contributed by atoms with Crippen LogP contribution in [0.5, 0.6) is 11.5 Å². The van der Waals surface area contributed by atoms with Crippen molar-refractivity contribution in [3.8, 4) is 11.5 Å². The number of hydrogen-bond acceptors (Lipinski definition) is 6. The molecule has 1 aliphatic carbocycles. The molecule has 0 radical (unpaired) electrons. The molecule has 0 spiro atoms. The van der Waals surface area contributed by atoms with Gasteiger partial charge < -0.3 is 19.9 Å². The number of ether oxygens (including phenoxy) is 2. The van der Waals surface area contributed by atoms with Gasteiger partial charge in [-0.25, -0.2) is 8.42 Å². The second kappa shape index (κ2) is 10.6. The molecule has 0 saturated heterocycles. The minimum Gasteiger partial charge on any atom is -0.492 e. The Morgan fingerprint density at radius 2 is 1.74 bits per heavy atom. The first-order valence-electron chi connectivity index (χ1n) is 10.7. The Morgan fingerprint density at radius 3 is 2.40 bits per heavy atom. The molecule has 2 atom stereocenters. The van der Waals surface area contributed by atoms with E-state index in [0.29, 0.717) is 12.8 Å². The fourth-order valence-corrected chi connectivity index (χ4v) is 4.68. The Balaban J connectivity index is 1.84. The number of aliphatic hydroxyl groups excluding tert-OH is 1. The van der Waals surface area contributed by atoms with Crippen molar-refractivity contribution < 1.29 is 41.0 Å². The second-order valence-corrected chi connectivity index (χ2v) is 9.48. The van der Waals surface area contributed by atoms with Crippen LogP contribution in [-0.4, -0.2) is 38.5 Å². The number of anilines is 2. The number of sulfonamides is 1. The van der Waals surface area contributed by atoms with Crippen molar-refractivity contribution in [1.82, 2.24) is 0 Å². The summed E-state index contributed by atoms with van der Waals surface area (Å²) in [5.74, 6) is -1.67. The van der Waals surface area contributed by atoms with Crippen LogP contribution in [-0.2, 0) is 14.8 Å². The van der Waals surface area contributed by atoms with Crippen LogP contribution >= 0.6 is 0 Å². The van der Waals surface area contributed by atoms with E-state index in [1.54, 1.807) is 19.1 Å². The summed E-state index contributed by atoms with van der Waals surface area (Å²) < 4.78 is 75.6. The molecule has 1 amide bonds. The molecular formula is C23H25F3N2O6S. The Morgan fingerprint density at radius 1 is 1.09 bits per heavy atom. The molecule has 1 unspecified atom stereocenters. The number of amides is 1. The summed E-state index contributed by atoms with van der Waals surface area (Å²) in [6.07, 6.45) is -1.43. The Bertz CT molecular complexity index is 1210. The molecule has 2 aromatic carbocycles. The Hall–Kier alpha value is -3.25. The zero-order valence-corrected chi connectivity index (χ0v) is 19.7. The quantitative estimate of drug-likeness (QED) is 0.451. The predicted molar refractivity (Wildman–Crippen MR) is 123 cm³/mol. The van der Waals surface area contributed by atoms with Gasteiger partial charge in [0.15, 0.2) is 0 Å².